The van der Waals surface area contributed by atoms with Crippen LogP contribution in [-0.4, -0.2) is 16.7 Å². The average molecular weight is 419 g/mol. The molecule has 154 valence electrons. The summed E-state index contributed by atoms with van der Waals surface area (Å²) in [4.78, 5) is 30.0. The molecule has 6 rings (SSSR count). The van der Waals surface area contributed by atoms with E-state index in [1.165, 1.54) is 0 Å². The van der Waals surface area contributed by atoms with Crippen LogP contribution in [0.25, 0.3) is 17.0 Å². The van der Waals surface area contributed by atoms with E-state index in [2.05, 4.69) is 4.98 Å². The molecule has 0 radical (unpaired) electrons. The maximum atomic E-state index is 13.1. The van der Waals surface area contributed by atoms with Crippen molar-refractivity contribution >= 4 is 28.7 Å². The van der Waals surface area contributed by atoms with Crippen LogP contribution in [0, 0.1) is 0 Å². The standard InChI is InChI=1S/C27H17NO4/c29-24-15-20(17-12-13-28-21-9-5-4-8-18(17)21)25-22(31-24)11-10-19-26(30)23(32-27(19)25)14-16-6-2-1-3-7-16/h1-14,20H,15H2. The number of allylic oxidation sites excluding steroid dienone is 1. The first-order chi connectivity index (χ1) is 15.7. The number of para-hydroxylation sites is 1. The number of pyridine rings is 1. The van der Waals surface area contributed by atoms with E-state index in [1.54, 1.807) is 24.4 Å². The van der Waals surface area contributed by atoms with Gasteiger partial charge in [-0.1, -0.05) is 48.5 Å². The number of hydrogen-bond acceptors (Lipinski definition) is 5. The number of rotatable bonds is 2. The fourth-order valence-corrected chi connectivity index (χ4v) is 4.49. The number of ketones is 1. The molecule has 1 atom stereocenters. The Labute approximate surface area is 183 Å². The van der Waals surface area contributed by atoms with Crippen LogP contribution >= 0.6 is 0 Å². The summed E-state index contributed by atoms with van der Waals surface area (Å²) in [6, 6.07) is 22.7. The molecule has 2 aliphatic heterocycles. The lowest BCUT2D eigenvalue weighted by Gasteiger charge is -2.27. The summed E-state index contributed by atoms with van der Waals surface area (Å²) in [6.07, 6.45) is 3.64. The lowest BCUT2D eigenvalue weighted by Crippen LogP contribution is -2.21. The Morgan fingerprint density at radius 1 is 0.875 bits per heavy atom. The molecule has 3 aromatic carbocycles. The second-order valence-corrected chi connectivity index (χ2v) is 7.85. The van der Waals surface area contributed by atoms with Gasteiger partial charge >= 0.3 is 5.97 Å². The van der Waals surface area contributed by atoms with E-state index in [0.717, 1.165) is 27.6 Å². The molecule has 3 heterocycles. The predicted octanol–water partition coefficient (Wildman–Crippen LogP) is 5.29. The molecule has 5 nitrogen and oxygen atoms in total. The highest BCUT2D eigenvalue weighted by atomic mass is 16.5. The van der Waals surface area contributed by atoms with Gasteiger partial charge < -0.3 is 9.47 Å². The molecule has 32 heavy (non-hydrogen) atoms. The third kappa shape index (κ3) is 2.90. The van der Waals surface area contributed by atoms with Gasteiger partial charge in [0.05, 0.1) is 17.5 Å². The van der Waals surface area contributed by atoms with Gasteiger partial charge in [-0.25, -0.2) is 0 Å². The zero-order valence-electron chi connectivity index (χ0n) is 16.9. The molecule has 4 aromatic rings. The monoisotopic (exact) mass is 419 g/mol. The lowest BCUT2D eigenvalue weighted by atomic mass is 9.83. The largest absolute Gasteiger partial charge is 0.452 e. The number of ether oxygens (including phenoxy) is 2. The minimum atomic E-state index is -0.312. The zero-order chi connectivity index (χ0) is 21.7. The molecule has 1 aromatic heterocycles. The lowest BCUT2D eigenvalue weighted by molar-refractivity contribution is -0.135. The van der Waals surface area contributed by atoms with Gasteiger partial charge in [-0.05, 0) is 41.5 Å². The first kappa shape index (κ1) is 18.5. The molecule has 0 fully saturated rings. The first-order valence-electron chi connectivity index (χ1n) is 10.4. The van der Waals surface area contributed by atoms with Crippen LogP contribution < -0.4 is 9.47 Å². The molecule has 0 aliphatic carbocycles. The van der Waals surface area contributed by atoms with Crippen molar-refractivity contribution in [1.29, 1.82) is 0 Å². The van der Waals surface area contributed by atoms with Gasteiger partial charge in [-0.15, -0.1) is 0 Å². The molecular weight excluding hydrogens is 402 g/mol. The van der Waals surface area contributed by atoms with E-state index in [-0.39, 0.29) is 29.9 Å². The fourth-order valence-electron chi connectivity index (χ4n) is 4.49. The smallest absolute Gasteiger partial charge is 0.312 e. The average Bonchev–Trinajstić information content (AvgIpc) is 3.14. The number of carbonyl (C=O) groups is 2. The quantitative estimate of drug-likeness (QED) is 0.251. The number of esters is 1. The number of fused-ring (bicyclic) bond motifs is 4. The Hall–Kier alpha value is -4.25. The highest BCUT2D eigenvalue weighted by Gasteiger charge is 2.39. The van der Waals surface area contributed by atoms with Crippen LogP contribution in [0.5, 0.6) is 11.5 Å². The van der Waals surface area contributed by atoms with Gasteiger partial charge in [0.15, 0.2) is 5.76 Å². The van der Waals surface area contributed by atoms with Crippen LogP contribution in [0.2, 0.25) is 0 Å². The molecule has 0 saturated carbocycles. The minimum absolute atomic E-state index is 0.159. The maximum Gasteiger partial charge on any atom is 0.312 e. The van der Waals surface area contributed by atoms with Crippen molar-refractivity contribution in [2.24, 2.45) is 0 Å². The van der Waals surface area contributed by atoms with Gasteiger partial charge in [0, 0.05) is 23.1 Å². The van der Waals surface area contributed by atoms with Crippen LogP contribution in [0.15, 0.2) is 84.8 Å². The second-order valence-electron chi connectivity index (χ2n) is 7.85. The van der Waals surface area contributed by atoms with Gasteiger partial charge in [-0.2, -0.15) is 0 Å². The first-order valence-corrected chi connectivity index (χ1v) is 10.4. The molecular formula is C27H17NO4. The van der Waals surface area contributed by atoms with Crippen LogP contribution in [0.1, 0.15) is 39.4 Å². The van der Waals surface area contributed by atoms with Crippen LogP contribution in [0.4, 0.5) is 0 Å². The Balaban J connectivity index is 1.53. The van der Waals surface area contributed by atoms with Crippen molar-refractivity contribution in [3.8, 4) is 11.5 Å². The van der Waals surface area contributed by atoms with Crippen molar-refractivity contribution in [1.82, 2.24) is 4.98 Å². The SMILES string of the molecule is O=C1CC(c2ccnc3ccccc23)c2c(ccc3c2OC(=Cc2ccccc2)C3=O)O1. The summed E-state index contributed by atoms with van der Waals surface area (Å²) in [5.74, 6) is 0.357. The van der Waals surface area contributed by atoms with E-state index in [9.17, 15) is 9.59 Å². The molecule has 5 heteroatoms. The number of hydrogen-bond donors (Lipinski definition) is 0. The van der Waals surface area contributed by atoms with Crippen molar-refractivity contribution in [2.75, 3.05) is 0 Å². The number of nitrogens with zero attached hydrogens (tertiary/aromatic N) is 1. The third-order valence-electron chi connectivity index (χ3n) is 5.94. The zero-order valence-corrected chi connectivity index (χ0v) is 16.9. The normalized spacial score (nSPS) is 18.2. The van der Waals surface area contributed by atoms with Crippen molar-refractivity contribution < 1.29 is 19.1 Å². The predicted molar refractivity (Wildman–Crippen MR) is 120 cm³/mol. The highest BCUT2D eigenvalue weighted by molar-refractivity contribution is 6.15. The molecule has 0 amide bonds. The topological polar surface area (TPSA) is 65.5 Å². The molecule has 0 saturated heterocycles. The molecule has 0 bridgehead atoms. The van der Waals surface area contributed by atoms with Crippen molar-refractivity contribution in [3.05, 3.63) is 107 Å². The number of aromatic nitrogens is 1. The van der Waals surface area contributed by atoms with Gasteiger partial charge in [0.1, 0.15) is 11.5 Å². The summed E-state index contributed by atoms with van der Waals surface area (Å²) >= 11 is 0. The summed E-state index contributed by atoms with van der Waals surface area (Å²) in [5.41, 5.74) is 3.88. The number of Topliss-reactive ketones (excluding diaryl/α,β-unsaturated/α-hetero) is 1. The second kappa shape index (κ2) is 7.17. The Morgan fingerprint density at radius 2 is 1.69 bits per heavy atom. The summed E-state index contributed by atoms with van der Waals surface area (Å²) in [6.45, 7) is 0. The number of benzene rings is 3. The van der Waals surface area contributed by atoms with Gasteiger partial charge in [0.25, 0.3) is 0 Å². The van der Waals surface area contributed by atoms with E-state index < -0.39 is 0 Å². The Morgan fingerprint density at radius 3 is 2.56 bits per heavy atom. The van der Waals surface area contributed by atoms with Gasteiger partial charge in [-0.3, -0.25) is 14.6 Å². The van der Waals surface area contributed by atoms with Crippen LogP contribution in [-0.2, 0) is 4.79 Å². The molecule has 0 spiro atoms. The Kier molecular flexibility index (Phi) is 4.15. The fraction of sp³-hybridized carbons (Fsp3) is 0.0741. The van der Waals surface area contributed by atoms with Crippen molar-refractivity contribution in [3.63, 3.8) is 0 Å². The third-order valence-corrected chi connectivity index (χ3v) is 5.94. The maximum absolute atomic E-state index is 13.1. The van der Waals surface area contributed by atoms with E-state index in [0.29, 0.717) is 17.1 Å². The van der Waals surface area contributed by atoms with Gasteiger partial charge in [0.2, 0.25) is 5.78 Å². The highest BCUT2D eigenvalue weighted by Crippen LogP contribution is 2.49. The number of carbonyl (C=O) groups excluding carboxylic acids is 2. The van der Waals surface area contributed by atoms with Crippen LogP contribution in [0.3, 0.4) is 0 Å². The molecule has 0 N–H and O–H groups in total. The summed E-state index contributed by atoms with van der Waals surface area (Å²) < 4.78 is 11.7. The van der Waals surface area contributed by atoms with E-state index >= 15 is 0 Å². The van der Waals surface area contributed by atoms with E-state index in [1.807, 2.05) is 60.7 Å². The van der Waals surface area contributed by atoms with E-state index in [4.69, 9.17) is 9.47 Å². The van der Waals surface area contributed by atoms with Crippen molar-refractivity contribution in [2.45, 2.75) is 12.3 Å². The molecule has 1 unspecified atom stereocenters. The minimum Gasteiger partial charge on any atom is -0.452 e. The summed E-state index contributed by atoms with van der Waals surface area (Å²) in [5, 5.41) is 0.961. The Bertz CT molecular complexity index is 1430. The molecule has 2 aliphatic rings. The summed E-state index contributed by atoms with van der Waals surface area (Å²) in [7, 11) is 0.